The molecule has 0 radical (unpaired) electrons. The molecule has 1 saturated heterocycles. The lowest BCUT2D eigenvalue weighted by atomic mass is 9.77. The van der Waals surface area contributed by atoms with Crippen LogP contribution in [0.25, 0.3) is 15.2 Å². The first kappa shape index (κ1) is 33.8. The number of halogens is 2. The van der Waals surface area contributed by atoms with E-state index in [0.717, 1.165) is 31.0 Å². The highest BCUT2D eigenvalue weighted by molar-refractivity contribution is 7.98. The van der Waals surface area contributed by atoms with Gasteiger partial charge in [-0.2, -0.15) is 8.80 Å². The van der Waals surface area contributed by atoms with Gasteiger partial charge in [-0.1, -0.05) is 59.6 Å². The van der Waals surface area contributed by atoms with Crippen LogP contribution >= 0.6 is 34.4 Å². The van der Waals surface area contributed by atoms with Crippen LogP contribution in [-0.2, 0) is 29.3 Å². The molecule has 0 aliphatic carbocycles. The van der Waals surface area contributed by atoms with Gasteiger partial charge in [-0.05, 0) is 30.4 Å². The lowest BCUT2D eigenvalue weighted by Crippen LogP contribution is -3.00. The molecular formula is C30H31Br2N5O5S3. The van der Waals surface area contributed by atoms with E-state index in [4.69, 9.17) is 0 Å². The van der Waals surface area contributed by atoms with Crippen LogP contribution in [-0.4, -0.2) is 59.6 Å². The van der Waals surface area contributed by atoms with E-state index >= 15 is 0 Å². The second-order valence-electron chi connectivity index (χ2n) is 11.2. The lowest BCUT2D eigenvalue weighted by molar-refractivity contribution is -0.508. The molecule has 10 nitrogen and oxygen atoms in total. The van der Waals surface area contributed by atoms with Crippen molar-refractivity contribution in [2.45, 2.75) is 50.7 Å². The topological polar surface area (TPSA) is 116 Å². The van der Waals surface area contributed by atoms with Gasteiger partial charge in [0.2, 0.25) is 26.9 Å². The molecule has 0 unspecified atom stereocenters. The molecule has 238 valence electrons. The Morgan fingerprint density at radius 3 is 2.49 bits per heavy atom. The number of rotatable bonds is 9. The number of benzene rings is 1. The molecule has 0 saturated carbocycles. The van der Waals surface area contributed by atoms with Crippen LogP contribution in [0.2, 0.25) is 0 Å². The highest BCUT2D eigenvalue weighted by atomic mass is 79.9. The second-order valence-corrected chi connectivity index (χ2v) is 14.2. The fraction of sp³-hybridized carbons (Fsp3) is 0.333. The van der Waals surface area contributed by atoms with E-state index in [1.807, 2.05) is 47.0 Å². The number of aromatic nitrogens is 4. The van der Waals surface area contributed by atoms with Crippen LogP contribution < -0.4 is 42.8 Å². The Morgan fingerprint density at radius 2 is 1.84 bits per heavy atom. The number of carbonyl (C=O) groups is 2. The first-order valence-electron chi connectivity index (χ1n) is 13.9. The first-order valence-corrected chi connectivity index (χ1v) is 16.8. The number of hydrogen-bond acceptors (Lipinski definition) is 7. The first-order chi connectivity index (χ1) is 20.7. The molecule has 0 bridgehead atoms. The summed E-state index contributed by atoms with van der Waals surface area (Å²) in [6.07, 6.45) is 11.3. The molecule has 15 heteroatoms. The average molecular weight is 798 g/mol. The van der Waals surface area contributed by atoms with E-state index in [1.54, 1.807) is 30.0 Å². The molecule has 2 aliphatic rings. The number of β-lactam (4-membered cyclic amide) rings is 1. The van der Waals surface area contributed by atoms with Crippen LogP contribution in [0, 0.1) is 11.8 Å². The number of thiazole rings is 2. The third-order valence-corrected chi connectivity index (χ3v) is 11.5. The quantitative estimate of drug-likeness (QED) is 0.0827. The maximum atomic E-state index is 12.8. The standard InChI is InChI=1S/C30H30N5O5S3.2BrH/c1-16-23(26(30(39)40)35-25(16)24(17(2)37)27(35)38)21-11-34-15-33(28(41-3)29(34)43-21)9-19-6-4-5-18(7-19)8-31-12-22-32(14-31)10-20(13-36)42-22;;/h4-7,10-12,14-17,24-25,36-37H,8-9,13H2,1-3H3;2*1H/q+1;;/p-1/t16-,17+,24+,25+;;/m0../s1. The minimum Gasteiger partial charge on any atom is -1.00 e. The van der Waals surface area contributed by atoms with Crippen molar-refractivity contribution in [3.63, 3.8) is 0 Å². The van der Waals surface area contributed by atoms with Crippen LogP contribution in [0.1, 0.15) is 34.7 Å². The summed E-state index contributed by atoms with van der Waals surface area (Å²) in [4.78, 5) is 30.4. The van der Waals surface area contributed by atoms with Crippen LogP contribution in [0.4, 0.5) is 0 Å². The highest BCUT2D eigenvalue weighted by Crippen LogP contribution is 2.51. The Morgan fingerprint density at radius 1 is 1.11 bits per heavy atom. The summed E-state index contributed by atoms with van der Waals surface area (Å²) >= 11 is 4.76. The van der Waals surface area contributed by atoms with E-state index in [2.05, 4.69) is 39.6 Å². The summed E-state index contributed by atoms with van der Waals surface area (Å²) in [5.74, 6) is -2.23. The molecule has 6 heterocycles. The molecule has 7 rings (SSSR count). The smallest absolute Gasteiger partial charge is 0.352 e. The number of thioether (sulfide) groups is 1. The SMILES string of the molecule is CSc1c2sc(C3=C(C(=O)O)N4C(=O)[C@H]([C@@H](C)O)[C@H]4[C@H]3C)c[n+]2cn1Cc1cccc(Cn2cc3sc(CO)c[n+]3c2)c1.[Br-].[Br-]. The third kappa shape index (κ3) is 5.59. The average Bonchev–Trinajstić information content (AvgIpc) is 3.73. The number of aliphatic carboxylic acids is 1. The van der Waals surface area contributed by atoms with Crippen molar-refractivity contribution in [2.24, 2.45) is 11.8 Å². The van der Waals surface area contributed by atoms with Crippen LogP contribution in [0.15, 0.2) is 66.2 Å². The van der Waals surface area contributed by atoms with Crippen LogP contribution in [0.3, 0.4) is 0 Å². The van der Waals surface area contributed by atoms with E-state index in [1.165, 1.54) is 27.4 Å². The number of imidazole rings is 2. The fourth-order valence-corrected chi connectivity index (χ4v) is 9.68. The number of carboxylic acid groups (broad SMARTS) is 1. The van der Waals surface area contributed by atoms with Crippen molar-refractivity contribution in [1.29, 1.82) is 0 Å². The molecule has 0 spiro atoms. The Kier molecular flexibility index (Phi) is 9.72. The van der Waals surface area contributed by atoms with Crippen molar-refractivity contribution in [2.75, 3.05) is 6.26 Å². The zero-order valence-electron chi connectivity index (χ0n) is 24.5. The molecule has 4 atom stereocenters. The molecule has 2 aliphatic heterocycles. The van der Waals surface area contributed by atoms with Crippen molar-refractivity contribution >= 4 is 61.5 Å². The number of carbonyl (C=O) groups excluding carboxylic acids is 1. The minimum absolute atomic E-state index is 0. The van der Waals surface area contributed by atoms with Gasteiger partial charge >= 0.3 is 5.97 Å². The summed E-state index contributed by atoms with van der Waals surface area (Å²) in [5.41, 5.74) is 3.06. The monoisotopic (exact) mass is 795 g/mol. The van der Waals surface area contributed by atoms with Gasteiger partial charge in [0.15, 0.2) is 0 Å². The Hall–Kier alpha value is -2.53. The zero-order chi connectivity index (χ0) is 30.2. The van der Waals surface area contributed by atoms with Crippen molar-refractivity contribution in [3.8, 4) is 0 Å². The maximum Gasteiger partial charge on any atom is 0.352 e. The molecular weight excluding hydrogens is 766 g/mol. The largest absolute Gasteiger partial charge is 1.00 e. The van der Waals surface area contributed by atoms with Gasteiger partial charge in [0.05, 0.1) is 34.4 Å². The summed E-state index contributed by atoms with van der Waals surface area (Å²) < 4.78 is 8.44. The highest BCUT2D eigenvalue weighted by Gasteiger charge is 2.60. The summed E-state index contributed by atoms with van der Waals surface area (Å²) in [7, 11) is 0. The van der Waals surface area contributed by atoms with Gasteiger partial charge < -0.3 is 54.2 Å². The molecule has 5 aromatic rings. The zero-order valence-corrected chi connectivity index (χ0v) is 30.1. The molecule has 1 amide bonds. The third-order valence-electron chi connectivity index (χ3n) is 8.43. The normalized spacial score (nSPS) is 19.9. The van der Waals surface area contributed by atoms with E-state index < -0.39 is 18.0 Å². The molecule has 45 heavy (non-hydrogen) atoms. The maximum absolute atomic E-state index is 12.8. The van der Waals surface area contributed by atoms with Gasteiger partial charge in [0.1, 0.15) is 37.4 Å². The molecule has 1 fully saturated rings. The number of hydrogen-bond donors (Lipinski definition) is 3. The number of aliphatic hydroxyl groups is 2. The van der Waals surface area contributed by atoms with E-state index in [9.17, 15) is 24.9 Å². The second kappa shape index (κ2) is 12.9. The van der Waals surface area contributed by atoms with Gasteiger partial charge in [-0.3, -0.25) is 4.79 Å². The summed E-state index contributed by atoms with van der Waals surface area (Å²) in [6.45, 7) is 5.01. The number of fused-ring (bicyclic) bond motifs is 3. The summed E-state index contributed by atoms with van der Waals surface area (Å²) in [5, 5.41) is 30.7. The van der Waals surface area contributed by atoms with Crippen molar-refractivity contribution in [3.05, 3.63) is 82.1 Å². The van der Waals surface area contributed by atoms with E-state index in [-0.39, 0.29) is 64.1 Å². The van der Waals surface area contributed by atoms with Crippen molar-refractivity contribution in [1.82, 2.24) is 14.0 Å². The minimum atomic E-state index is -1.12. The predicted molar refractivity (Wildman–Crippen MR) is 163 cm³/mol. The number of carboxylic acids is 1. The number of amides is 1. The molecule has 4 aromatic heterocycles. The molecule has 1 aromatic carbocycles. The lowest BCUT2D eigenvalue weighted by Gasteiger charge is -2.46. The van der Waals surface area contributed by atoms with Crippen molar-refractivity contribution < 1.29 is 67.7 Å². The van der Waals surface area contributed by atoms with Gasteiger partial charge in [-0.15, -0.1) is 0 Å². The number of nitrogens with zero attached hydrogens (tertiary/aromatic N) is 5. The van der Waals surface area contributed by atoms with Gasteiger partial charge in [0, 0.05) is 11.5 Å². The fourth-order valence-electron chi connectivity index (χ4n) is 6.61. The van der Waals surface area contributed by atoms with Gasteiger partial charge in [-0.25, -0.2) is 13.9 Å². The predicted octanol–water partition coefficient (Wildman–Crippen LogP) is -3.14. The Bertz CT molecular complexity index is 1930. The van der Waals surface area contributed by atoms with E-state index in [0.29, 0.717) is 12.1 Å². The summed E-state index contributed by atoms with van der Waals surface area (Å²) in [6, 6.07) is 8.20. The van der Waals surface area contributed by atoms with Gasteiger partial charge in [0.25, 0.3) is 6.33 Å². The van der Waals surface area contributed by atoms with Crippen LogP contribution in [0.5, 0.6) is 0 Å². The Balaban J connectivity index is 0.00000200. The Labute approximate surface area is 292 Å². The molecule has 3 N–H and O–H groups in total. The number of aliphatic hydroxyl groups excluding tert-OH is 2.